The van der Waals surface area contributed by atoms with Crippen molar-refractivity contribution in [3.8, 4) is 40.0 Å². The van der Waals surface area contributed by atoms with Crippen molar-refractivity contribution in [3.05, 3.63) is 84.9 Å². The van der Waals surface area contributed by atoms with Crippen LogP contribution in [0.2, 0.25) is 0 Å². The number of furan rings is 1. The quantitative estimate of drug-likeness (QED) is 0.334. The maximum absolute atomic E-state index is 12.7. The summed E-state index contributed by atoms with van der Waals surface area (Å²) in [5.74, 6) is 0.517. The minimum absolute atomic E-state index is 0.0330. The van der Waals surface area contributed by atoms with Crippen LogP contribution in [0, 0.1) is 11.3 Å². The van der Waals surface area contributed by atoms with E-state index in [1.54, 1.807) is 36.2 Å². The lowest BCUT2D eigenvalue weighted by Crippen LogP contribution is -2.13. The van der Waals surface area contributed by atoms with Gasteiger partial charge in [0.25, 0.3) is 10.0 Å². The number of anilines is 1. The second kappa shape index (κ2) is 9.34. The van der Waals surface area contributed by atoms with E-state index in [0.29, 0.717) is 22.6 Å². The normalized spacial score (nSPS) is 11.1. The van der Waals surface area contributed by atoms with Crippen LogP contribution in [0.4, 0.5) is 5.13 Å². The molecule has 12 heteroatoms. The predicted molar refractivity (Wildman–Crippen MR) is 127 cm³/mol. The van der Waals surface area contributed by atoms with Crippen LogP contribution in [0.1, 0.15) is 5.56 Å². The molecule has 1 aromatic carbocycles. The molecule has 0 radical (unpaired) electrons. The summed E-state index contributed by atoms with van der Waals surface area (Å²) >= 11 is 1.15. The van der Waals surface area contributed by atoms with Gasteiger partial charge < -0.3 is 9.15 Å². The van der Waals surface area contributed by atoms with Gasteiger partial charge in [-0.1, -0.05) is 0 Å². The molecule has 0 aliphatic heterocycles. The molecule has 172 valence electrons. The first-order valence-electron chi connectivity index (χ1n) is 9.96. The van der Waals surface area contributed by atoms with E-state index in [2.05, 4.69) is 24.7 Å². The van der Waals surface area contributed by atoms with Gasteiger partial charge in [-0.3, -0.25) is 9.71 Å². The van der Waals surface area contributed by atoms with Gasteiger partial charge in [-0.2, -0.15) is 5.26 Å². The molecule has 35 heavy (non-hydrogen) atoms. The van der Waals surface area contributed by atoms with Crippen LogP contribution < -0.4 is 9.46 Å². The molecular formula is C23H14N6O4S2. The summed E-state index contributed by atoms with van der Waals surface area (Å²) in [6, 6.07) is 9.57. The van der Waals surface area contributed by atoms with E-state index < -0.39 is 10.0 Å². The molecule has 4 aromatic heterocycles. The molecule has 5 rings (SSSR count). The molecule has 10 nitrogen and oxygen atoms in total. The maximum Gasteiger partial charge on any atom is 0.263 e. The predicted octanol–water partition coefficient (Wildman–Crippen LogP) is 4.72. The van der Waals surface area contributed by atoms with Gasteiger partial charge in [0.2, 0.25) is 0 Å². The van der Waals surface area contributed by atoms with Crippen LogP contribution in [0.3, 0.4) is 0 Å². The fourth-order valence-corrected chi connectivity index (χ4v) is 4.99. The Morgan fingerprint density at radius 2 is 1.89 bits per heavy atom. The van der Waals surface area contributed by atoms with Gasteiger partial charge in [-0.25, -0.2) is 23.4 Å². The van der Waals surface area contributed by atoms with E-state index >= 15 is 0 Å². The molecule has 0 spiro atoms. The number of hydrogen-bond donors (Lipinski definition) is 1. The number of ether oxygens (including phenoxy) is 1. The van der Waals surface area contributed by atoms with E-state index in [-0.39, 0.29) is 21.3 Å². The van der Waals surface area contributed by atoms with Crippen molar-refractivity contribution >= 4 is 26.5 Å². The van der Waals surface area contributed by atoms with Crippen molar-refractivity contribution in [1.82, 2.24) is 19.9 Å². The number of hydrogen-bond acceptors (Lipinski definition) is 10. The summed E-state index contributed by atoms with van der Waals surface area (Å²) in [6.07, 6.45) is 10.8. The molecule has 0 unspecified atom stereocenters. The Morgan fingerprint density at radius 3 is 2.60 bits per heavy atom. The van der Waals surface area contributed by atoms with Gasteiger partial charge in [0.1, 0.15) is 18.1 Å². The summed E-state index contributed by atoms with van der Waals surface area (Å²) in [5, 5.41) is 11.6. The second-order valence-electron chi connectivity index (χ2n) is 7.02. The zero-order valence-electron chi connectivity index (χ0n) is 17.7. The number of nitriles is 1. The van der Waals surface area contributed by atoms with Crippen molar-refractivity contribution in [2.75, 3.05) is 4.72 Å². The van der Waals surface area contributed by atoms with Gasteiger partial charge in [0.05, 0.1) is 34.9 Å². The fourth-order valence-electron chi connectivity index (χ4n) is 3.18. The number of nitrogens with zero attached hydrogens (tertiary/aromatic N) is 5. The molecule has 0 bridgehead atoms. The summed E-state index contributed by atoms with van der Waals surface area (Å²) in [4.78, 5) is 16.3. The summed E-state index contributed by atoms with van der Waals surface area (Å²) < 4.78 is 39.0. The van der Waals surface area contributed by atoms with Crippen molar-refractivity contribution in [3.63, 3.8) is 0 Å². The minimum Gasteiger partial charge on any atom is -0.472 e. The molecule has 5 aromatic rings. The van der Waals surface area contributed by atoms with Gasteiger partial charge in [-0.15, -0.1) is 11.3 Å². The number of thiazole rings is 1. The number of benzene rings is 1. The van der Waals surface area contributed by atoms with E-state index in [0.717, 1.165) is 16.9 Å². The Hall–Kier alpha value is -4.60. The smallest absolute Gasteiger partial charge is 0.263 e. The molecule has 0 aliphatic carbocycles. The van der Waals surface area contributed by atoms with Gasteiger partial charge >= 0.3 is 0 Å². The molecule has 0 atom stereocenters. The van der Waals surface area contributed by atoms with Crippen LogP contribution in [-0.4, -0.2) is 28.4 Å². The summed E-state index contributed by atoms with van der Waals surface area (Å²) in [6.45, 7) is 0. The highest BCUT2D eigenvalue weighted by atomic mass is 32.2. The topological polar surface area (TPSA) is 144 Å². The van der Waals surface area contributed by atoms with E-state index in [4.69, 9.17) is 9.15 Å². The van der Waals surface area contributed by atoms with Crippen molar-refractivity contribution in [2.45, 2.75) is 4.90 Å². The largest absolute Gasteiger partial charge is 0.472 e. The third-order valence-electron chi connectivity index (χ3n) is 4.81. The van der Waals surface area contributed by atoms with Crippen LogP contribution in [0.15, 0.2) is 88.7 Å². The van der Waals surface area contributed by atoms with Gasteiger partial charge in [-0.05, 0) is 30.3 Å². The van der Waals surface area contributed by atoms with Crippen molar-refractivity contribution in [1.29, 1.82) is 5.26 Å². The molecule has 1 N–H and O–H groups in total. The molecular weight excluding hydrogens is 488 g/mol. The molecule has 0 saturated carbocycles. The van der Waals surface area contributed by atoms with Crippen molar-refractivity contribution in [2.24, 2.45) is 0 Å². The van der Waals surface area contributed by atoms with Crippen LogP contribution in [0.5, 0.6) is 11.5 Å². The Labute approximate surface area is 203 Å². The SMILES string of the molecule is N#Cc1cc(S(=O)(=O)Nc2nccs2)ccc1Oc1cnc(-c2cncnc2)cc1-c1ccoc1. The maximum atomic E-state index is 12.7. The zero-order chi connectivity index (χ0) is 24.3. The van der Waals surface area contributed by atoms with E-state index in [9.17, 15) is 13.7 Å². The first-order valence-corrected chi connectivity index (χ1v) is 12.3. The summed E-state index contributed by atoms with van der Waals surface area (Å²) in [5.41, 5.74) is 2.74. The first-order chi connectivity index (χ1) is 17.0. The molecule has 0 saturated heterocycles. The van der Waals surface area contributed by atoms with E-state index in [1.807, 2.05) is 6.07 Å². The average molecular weight is 503 g/mol. The summed E-state index contributed by atoms with van der Waals surface area (Å²) in [7, 11) is -3.93. The van der Waals surface area contributed by atoms with E-state index in [1.165, 1.54) is 43.2 Å². The molecule has 0 amide bonds. The van der Waals surface area contributed by atoms with Crippen LogP contribution >= 0.6 is 11.3 Å². The lowest BCUT2D eigenvalue weighted by molar-refractivity contribution is 0.480. The Morgan fingerprint density at radius 1 is 1.03 bits per heavy atom. The van der Waals surface area contributed by atoms with Gasteiger partial charge in [0, 0.05) is 40.7 Å². The minimum atomic E-state index is -3.93. The molecule has 4 heterocycles. The third-order valence-corrected chi connectivity index (χ3v) is 6.97. The lowest BCUT2D eigenvalue weighted by Gasteiger charge is -2.13. The number of nitrogens with one attached hydrogen (secondary N) is 1. The second-order valence-corrected chi connectivity index (χ2v) is 9.60. The lowest BCUT2D eigenvalue weighted by atomic mass is 10.1. The average Bonchev–Trinajstić information content (AvgIpc) is 3.59. The number of rotatable bonds is 7. The Kier molecular flexibility index (Phi) is 5.92. The Bertz CT molecular complexity index is 1610. The number of sulfonamides is 1. The third kappa shape index (κ3) is 4.72. The highest BCUT2D eigenvalue weighted by molar-refractivity contribution is 7.93. The first kappa shape index (κ1) is 22.2. The standard InChI is InChI=1S/C23H14N6O4S2/c24-9-16-7-18(35(30,31)29-23-27-4-6-34-23)1-2-21(16)33-22-12-28-20(17-10-25-14-26-11-17)8-19(22)15-3-5-32-13-15/h1-8,10-14H,(H,27,29). The Balaban J connectivity index is 1.50. The number of aromatic nitrogens is 4. The van der Waals surface area contributed by atoms with Gasteiger partial charge in [0.15, 0.2) is 10.9 Å². The molecule has 0 fully saturated rings. The van der Waals surface area contributed by atoms with Crippen LogP contribution in [-0.2, 0) is 10.0 Å². The zero-order valence-corrected chi connectivity index (χ0v) is 19.3. The highest BCUT2D eigenvalue weighted by Gasteiger charge is 2.20. The molecule has 0 aliphatic rings. The number of pyridine rings is 1. The van der Waals surface area contributed by atoms with Crippen molar-refractivity contribution < 1.29 is 17.6 Å². The fraction of sp³-hybridized carbons (Fsp3) is 0. The van der Waals surface area contributed by atoms with Crippen LogP contribution in [0.25, 0.3) is 22.4 Å². The monoisotopic (exact) mass is 502 g/mol. The highest BCUT2D eigenvalue weighted by Crippen LogP contribution is 2.37.